The van der Waals surface area contributed by atoms with Gasteiger partial charge in [0, 0.05) is 6.54 Å². The molecule has 1 fully saturated rings. The van der Waals surface area contributed by atoms with Crippen LogP contribution in [0, 0.1) is 0 Å². The highest BCUT2D eigenvalue weighted by Crippen LogP contribution is 2.49. The van der Waals surface area contributed by atoms with Gasteiger partial charge in [0.25, 0.3) is 0 Å². The third-order valence-corrected chi connectivity index (χ3v) is 3.69. The van der Waals surface area contributed by atoms with Crippen molar-refractivity contribution in [2.75, 3.05) is 6.79 Å². The highest BCUT2D eigenvalue weighted by atomic mass is 35.5. The molecule has 1 N–H and O–H groups in total. The van der Waals surface area contributed by atoms with Crippen molar-refractivity contribution in [3.63, 3.8) is 0 Å². The molecular formula is C12H11ClF3NO2. The Kier molecular flexibility index (Phi) is 2.83. The second-order valence-electron chi connectivity index (χ2n) is 4.74. The normalized spacial score (nSPS) is 19.6. The lowest BCUT2D eigenvalue weighted by Crippen LogP contribution is -2.44. The lowest BCUT2D eigenvalue weighted by molar-refractivity contribution is -0.166. The Morgan fingerprint density at radius 3 is 2.63 bits per heavy atom. The van der Waals surface area contributed by atoms with Gasteiger partial charge < -0.3 is 9.47 Å². The van der Waals surface area contributed by atoms with Gasteiger partial charge in [0.1, 0.15) is 5.54 Å². The number of rotatable bonds is 3. The third kappa shape index (κ3) is 2.23. The standard InChI is InChI=1S/C12H11ClF3NO2/c13-8-3-7(4-9-10(8)19-6-18-9)5-17-11(1-2-11)12(14,15)16/h3-4,17H,1-2,5-6H2. The highest BCUT2D eigenvalue weighted by Gasteiger charge is 2.62. The zero-order valence-corrected chi connectivity index (χ0v) is 10.6. The summed E-state index contributed by atoms with van der Waals surface area (Å²) in [5, 5.41) is 2.92. The summed E-state index contributed by atoms with van der Waals surface area (Å²) in [6.45, 7) is 0.175. The number of hydrogen-bond acceptors (Lipinski definition) is 3. The molecule has 1 saturated carbocycles. The van der Waals surface area contributed by atoms with E-state index in [2.05, 4.69) is 5.32 Å². The number of nitrogens with one attached hydrogen (secondary N) is 1. The summed E-state index contributed by atoms with van der Waals surface area (Å²) in [6, 6.07) is 3.24. The Hall–Kier alpha value is -1.14. The van der Waals surface area contributed by atoms with Crippen LogP contribution in [0.2, 0.25) is 5.02 Å². The zero-order valence-electron chi connectivity index (χ0n) is 9.81. The summed E-state index contributed by atoms with van der Waals surface area (Å²) in [6.07, 6.45) is -3.98. The van der Waals surface area contributed by atoms with Crippen molar-refractivity contribution in [2.45, 2.75) is 31.1 Å². The molecule has 0 atom stereocenters. The fraction of sp³-hybridized carbons (Fsp3) is 0.500. The summed E-state index contributed by atoms with van der Waals surface area (Å²) < 4.78 is 48.6. The largest absolute Gasteiger partial charge is 0.454 e. The number of hydrogen-bond donors (Lipinski definition) is 1. The average molecular weight is 294 g/mol. The van der Waals surface area contributed by atoms with Crippen LogP contribution in [0.5, 0.6) is 11.5 Å². The summed E-state index contributed by atoms with van der Waals surface area (Å²) in [5.41, 5.74) is -1.08. The van der Waals surface area contributed by atoms with E-state index in [1.54, 1.807) is 12.1 Å². The van der Waals surface area contributed by atoms with E-state index in [4.69, 9.17) is 21.1 Å². The summed E-state index contributed by atoms with van der Waals surface area (Å²) >= 11 is 5.98. The van der Waals surface area contributed by atoms with Crippen LogP contribution in [0.3, 0.4) is 0 Å². The number of benzene rings is 1. The van der Waals surface area contributed by atoms with Crippen molar-refractivity contribution in [1.82, 2.24) is 5.32 Å². The fourth-order valence-electron chi connectivity index (χ4n) is 2.08. The Labute approximate surface area is 112 Å². The molecule has 1 aromatic carbocycles. The quantitative estimate of drug-likeness (QED) is 0.928. The summed E-state index contributed by atoms with van der Waals surface area (Å²) in [7, 11) is 0. The first-order valence-corrected chi connectivity index (χ1v) is 6.19. The average Bonchev–Trinajstić information content (AvgIpc) is 2.98. The number of ether oxygens (including phenoxy) is 2. The molecule has 0 aromatic heterocycles. The first-order valence-electron chi connectivity index (χ1n) is 5.81. The highest BCUT2D eigenvalue weighted by molar-refractivity contribution is 6.32. The van der Waals surface area contributed by atoms with E-state index < -0.39 is 11.7 Å². The van der Waals surface area contributed by atoms with Crippen LogP contribution in [0.4, 0.5) is 13.2 Å². The second kappa shape index (κ2) is 4.18. The Morgan fingerprint density at radius 1 is 1.26 bits per heavy atom. The first-order chi connectivity index (χ1) is 8.91. The van der Waals surface area contributed by atoms with Crippen LogP contribution in [-0.2, 0) is 6.54 Å². The molecule has 1 aliphatic heterocycles. The van der Waals surface area contributed by atoms with Gasteiger partial charge in [-0.15, -0.1) is 0 Å². The maximum absolute atomic E-state index is 12.8. The van der Waals surface area contributed by atoms with Crippen molar-refractivity contribution >= 4 is 11.6 Å². The van der Waals surface area contributed by atoms with Gasteiger partial charge in [0.05, 0.1) is 5.02 Å². The van der Waals surface area contributed by atoms with Gasteiger partial charge in [0.2, 0.25) is 6.79 Å². The zero-order chi connectivity index (χ0) is 13.7. The van der Waals surface area contributed by atoms with Crippen LogP contribution < -0.4 is 14.8 Å². The minimum atomic E-state index is -4.22. The molecular weight excluding hydrogens is 283 g/mol. The van der Waals surface area contributed by atoms with Crippen LogP contribution in [0.15, 0.2) is 12.1 Å². The van der Waals surface area contributed by atoms with E-state index in [0.29, 0.717) is 22.1 Å². The fourth-order valence-corrected chi connectivity index (χ4v) is 2.37. The Morgan fingerprint density at radius 2 is 2.00 bits per heavy atom. The molecule has 1 heterocycles. The molecule has 0 saturated heterocycles. The van der Waals surface area contributed by atoms with Gasteiger partial charge in [0.15, 0.2) is 11.5 Å². The molecule has 0 unspecified atom stereocenters. The lowest BCUT2D eigenvalue weighted by Gasteiger charge is -2.20. The van der Waals surface area contributed by atoms with Gasteiger partial charge >= 0.3 is 6.18 Å². The SMILES string of the molecule is FC(F)(F)C1(NCc2cc(Cl)c3c(c2)OCO3)CC1. The molecule has 1 aromatic rings. The van der Waals surface area contributed by atoms with Crippen LogP contribution >= 0.6 is 11.6 Å². The van der Waals surface area contributed by atoms with Crippen LogP contribution in [0.1, 0.15) is 18.4 Å². The smallest absolute Gasteiger partial charge is 0.406 e. The molecule has 3 nitrogen and oxygen atoms in total. The Bertz CT molecular complexity index is 514. The van der Waals surface area contributed by atoms with Gasteiger partial charge in [-0.25, -0.2) is 0 Å². The molecule has 0 radical (unpaired) electrons. The molecule has 1 aliphatic carbocycles. The van der Waals surface area contributed by atoms with Crippen molar-refractivity contribution in [3.8, 4) is 11.5 Å². The minimum Gasteiger partial charge on any atom is -0.454 e. The molecule has 3 rings (SSSR count). The number of alkyl halides is 3. The molecule has 7 heteroatoms. The van der Waals surface area contributed by atoms with E-state index in [1.165, 1.54) is 0 Å². The van der Waals surface area contributed by atoms with E-state index in [-0.39, 0.29) is 26.2 Å². The maximum Gasteiger partial charge on any atom is 0.406 e. The van der Waals surface area contributed by atoms with E-state index in [0.717, 1.165) is 0 Å². The van der Waals surface area contributed by atoms with Crippen molar-refractivity contribution in [2.24, 2.45) is 0 Å². The molecule has 0 amide bonds. The van der Waals surface area contributed by atoms with Gasteiger partial charge in [-0.1, -0.05) is 11.6 Å². The van der Waals surface area contributed by atoms with Gasteiger partial charge in [-0.2, -0.15) is 13.2 Å². The van der Waals surface area contributed by atoms with E-state index in [1.807, 2.05) is 0 Å². The molecule has 19 heavy (non-hydrogen) atoms. The predicted molar refractivity (Wildman–Crippen MR) is 62.4 cm³/mol. The van der Waals surface area contributed by atoms with E-state index >= 15 is 0 Å². The maximum atomic E-state index is 12.8. The number of halogens is 4. The van der Waals surface area contributed by atoms with Crippen molar-refractivity contribution < 1.29 is 22.6 Å². The van der Waals surface area contributed by atoms with Gasteiger partial charge in [-0.05, 0) is 30.5 Å². The second-order valence-corrected chi connectivity index (χ2v) is 5.15. The molecule has 0 spiro atoms. The van der Waals surface area contributed by atoms with Gasteiger partial charge in [-0.3, -0.25) is 5.32 Å². The molecule has 0 bridgehead atoms. The summed E-state index contributed by atoms with van der Waals surface area (Å²) in [4.78, 5) is 0. The molecule has 2 aliphatic rings. The number of fused-ring (bicyclic) bond motifs is 1. The van der Waals surface area contributed by atoms with Crippen molar-refractivity contribution in [1.29, 1.82) is 0 Å². The third-order valence-electron chi connectivity index (χ3n) is 3.41. The predicted octanol–water partition coefficient (Wildman–Crippen LogP) is 3.25. The molecule has 104 valence electrons. The van der Waals surface area contributed by atoms with Crippen molar-refractivity contribution in [3.05, 3.63) is 22.7 Å². The first kappa shape index (κ1) is 12.9. The Balaban J connectivity index is 1.73. The van der Waals surface area contributed by atoms with E-state index in [9.17, 15) is 13.2 Å². The summed E-state index contributed by atoms with van der Waals surface area (Å²) in [5.74, 6) is 0.920. The topological polar surface area (TPSA) is 30.5 Å². The van der Waals surface area contributed by atoms with Crippen LogP contribution in [-0.4, -0.2) is 18.5 Å². The van der Waals surface area contributed by atoms with Crippen LogP contribution in [0.25, 0.3) is 0 Å². The minimum absolute atomic E-state index is 0.0818. The lowest BCUT2D eigenvalue weighted by atomic mass is 10.1. The monoisotopic (exact) mass is 293 g/mol.